The van der Waals surface area contributed by atoms with E-state index in [-0.39, 0.29) is 17.5 Å². The maximum absolute atomic E-state index is 12.7. The Kier molecular flexibility index (Phi) is 9.30. The summed E-state index contributed by atoms with van der Waals surface area (Å²) in [6.45, 7) is 13.6. The van der Waals surface area contributed by atoms with Gasteiger partial charge < -0.3 is 10.6 Å². The number of carbonyl (C=O) groups is 2. The molecule has 2 fully saturated rings. The number of carbonyl (C=O) groups excluding carboxylic acids is 2. The van der Waals surface area contributed by atoms with Crippen LogP contribution in [0.5, 0.6) is 0 Å². The summed E-state index contributed by atoms with van der Waals surface area (Å²) >= 11 is 1.12. The van der Waals surface area contributed by atoms with Crippen LogP contribution < -0.4 is 5.73 Å². The molecule has 0 radical (unpaired) electrons. The Morgan fingerprint density at radius 1 is 1.23 bits per heavy atom. The molecule has 1 atom stereocenters. The molecule has 1 amide bonds. The van der Waals surface area contributed by atoms with Crippen molar-refractivity contribution in [2.75, 3.05) is 26.2 Å². The summed E-state index contributed by atoms with van der Waals surface area (Å²) in [5.74, 6) is 0.744. The number of likely N-dealkylation sites (tertiary alicyclic amines) is 2. The van der Waals surface area contributed by atoms with Crippen molar-refractivity contribution in [2.24, 2.45) is 21.6 Å². The first-order valence-electron chi connectivity index (χ1n) is 10.5. The minimum atomic E-state index is 0.0988. The quantitative estimate of drug-likeness (QED) is 0.361. The molecule has 7 nitrogen and oxygen atoms in total. The van der Waals surface area contributed by atoms with Crippen LogP contribution in [0, 0.1) is 5.92 Å². The lowest BCUT2D eigenvalue weighted by molar-refractivity contribution is -0.131. The van der Waals surface area contributed by atoms with E-state index in [2.05, 4.69) is 42.4 Å². The molecule has 2 aliphatic heterocycles. The number of aliphatic imine (C=N–C) groups is 2. The van der Waals surface area contributed by atoms with Gasteiger partial charge in [-0.15, -0.1) is 0 Å². The lowest BCUT2D eigenvalue weighted by Crippen LogP contribution is -2.46. The molecule has 166 valence electrons. The SMILES string of the molecule is C=N/C=C(/C=O)S/C(N)=C/C=NC1CCN(C(=O)CC2CCN(C(C)(C)C)CC2)C1. The van der Waals surface area contributed by atoms with Gasteiger partial charge in [0.05, 0.1) is 16.0 Å². The second-order valence-corrected chi connectivity index (χ2v) is 10.0. The topological polar surface area (TPSA) is 91.4 Å². The van der Waals surface area contributed by atoms with Crippen molar-refractivity contribution in [2.45, 2.75) is 58.0 Å². The second kappa shape index (κ2) is 11.5. The zero-order chi connectivity index (χ0) is 22.1. The Labute approximate surface area is 184 Å². The molecule has 0 saturated carbocycles. The summed E-state index contributed by atoms with van der Waals surface area (Å²) in [4.78, 5) is 36.5. The van der Waals surface area contributed by atoms with E-state index >= 15 is 0 Å². The second-order valence-electron chi connectivity index (χ2n) is 8.89. The number of nitrogens with zero attached hydrogens (tertiary/aromatic N) is 4. The molecule has 0 aromatic rings. The van der Waals surface area contributed by atoms with Gasteiger partial charge in [0.25, 0.3) is 0 Å². The van der Waals surface area contributed by atoms with Crippen molar-refractivity contribution in [3.8, 4) is 0 Å². The van der Waals surface area contributed by atoms with Gasteiger partial charge in [-0.05, 0) is 71.8 Å². The van der Waals surface area contributed by atoms with Gasteiger partial charge in [-0.3, -0.25) is 24.5 Å². The third-order valence-corrected chi connectivity index (χ3v) is 6.46. The Hall–Kier alpha value is -1.93. The summed E-state index contributed by atoms with van der Waals surface area (Å²) < 4.78 is 0. The van der Waals surface area contributed by atoms with Gasteiger partial charge in [-0.1, -0.05) is 11.8 Å². The molecular weight excluding hydrogens is 398 g/mol. The van der Waals surface area contributed by atoms with E-state index in [0.29, 0.717) is 35.1 Å². The first-order chi connectivity index (χ1) is 14.2. The van der Waals surface area contributed by atoms with Crippen LogP contribution in [-0.4, -0.2) is 72.7 Å². The standard InChI is InChI=1S/C22H35N5O2S/c1-22(2,3)27-11-6-17(7-12-27)13-21(29)26-10-8-18(15-26)25-9-5-20(23)30-19(16-28)14-24-4/h5,9,14,16-18H,4,6-8,10-13,15,23H2,1-3H3/b19-14-,20-5+,25-9?. The number of piperidine rings is 1. The number of nitrogens with two attached hydrogens (primary N) is 1. The first-order valence-corrected chi connectivity index (χ1v) is 11.4. The Morgan fingerprint density at radius 2 is 1.93 bits per heavy atom. The normalized spacial score (nSPS) is 22.6. The van der Waals surface area contributed by atoms with E-state index in [1.54, 1.807) is 12.3 Å². The lowest BCUT2D eigenvalue weighted by atomic mass is 9.90. The molecule has 2 N–H and O–H groups in total. The largest absolute Gasteiger partial charge is 0.393 e. The van der Waals surface area contributed by atoms with E-state index in [0.717, 1.165) is 50.7 Å². The highest BCUT2D eigenvalue weighted by atomic mass is 32.2. The average Bonchev–Trinajstić information content (AvgIpc) is 3.16. The van der Waals surface area contributed by atoms with E-state index in [1.807, 2.05) is 4.90 Å². The summed E-state index contributed by atoms with van der Waals surface area (Å²) in [5.41, 5.74) is 6.09. The van der Waals surface area contributed by atoms with Gasteiger partial charge >= 0.3 is 0 Å². The van der Waals surface area contributed by atoms with Crippen molar-refractivity contribution >= 4 is 36.9 Å². The summed E-state index contributed by atoms with van der Waals surface area (Å²) in [6, 6.07) is 0.0988. The average molecular weight is 434 g/mol. The predicted molar refractivity (Wildman–Crippen MR) is 126 cm³/mol. The number of hydrogen-bond acceptors (Lipinski definition) is 7. The summed E-state index contributed by atoms with van der Waals surface area (Å²) in [5, 5.41) is 0.452. The fourth-order valence-corrected chi connectivity index (χ4v) is 4.43. The van der Waals surface area contributed by atoms with Crippen LogP contribution in [0.2, 0.25) is 0 Å². The molecule has 0 spiro atoms. The maximum atomic E-state index is 12.7. The van der Waals surface area contributed by atoms with E-state index in [4.69, 9.17) is 5.73 Å². The molecule has 2 rings (SSSR count). The molecule has 2 saturated heterocycles. The summed E-state index contributed by atoms with van der Waals surface area (Å²) in [7, 11) is 0. The van der Waals surface area contributed by atoms with Crippen LogP contribution in [0.3, 0.4) is 0 Å². The number of amides is 1. The number of hydrogen-bond donors (Lipinski definition) is 1. The fraction of sp³-hybridized carbons (Fsp3) is 0.636. The highest BCUT2D eigenvalue weighted by Gasteiger charge is 2.31. The van der Waals surface area contributed by atoms with E-state index in [9.17, 15) is 9.59 Å². The molecule has 1 unspecified atom stereocenters. The van der Waals surface area contributed by atoms with Crippen LogP contribution in [0.1, 0.15) is 46.5 Å². The van der Waals surface area contributed by atoms with Gasteiger partial charge in [0, 0.05) is 37.5 Å². The van der Waals surface area contributed by atoms with Crippen molar-refractivity contribution in [1.29, 1.82) is 0 Å². The van der Waals surface area contributed by atoms with Crippen LogP contribution >= 0.6 is 11.8 Å². The molecule has 0 aliphatic carbocycles. The number of rotatable bonds is 8. The third kappa shape index (κ3) is 7.72. The molecule has 2 heterocycles. The minimum absolute atomic E-state index is 0.0988. The van der Waals surface area contributed by atoms with Gasteiger partial charge in [-0.25, -0.2) is 0 Å². The summed E-state index contributed by atoms with van der Waals surface area (Å²) in [6.07, 6.45) is 9.08. The predicted octanol–water partition coefficient (Wildman–Crippen LogP) is 2.83. The van der Waals surface area contributed by atoms with Crippen molar-refractivity contribution in [3.63, 3.8) is 0 Å². The molecular formula is C22H35N5O2S. The van der Waals surface area contributed by atoms with Gasteiger partial charge in [0.2, 0.25) is 5.91 Å². The molecule has 0 aromatic carbocycles. The van der Waals surface area contributed by atoms with Crippen molar-refractivity contribution in [3.05, 3.63) is 22.2 Å². The van der Waals surface area contributed by atoms with Gasteiger partial charge in [0.15, 0.2) is 6.29 Å². The molecule has 0 aromatic heterocycles. The van der Waals surface area contributed by atoms with Crippen LogP contribution in [0.25, 0.3) is 0 Å². The van der Waals surface area contributed by atoms with Crippen molar-refractivity contribution in [1.82, 2.24) is 9.80 Å². The van der Waals surface area contributed by atoms with Crippen molar-refractivity contribution < 1.29 is 9.59 Å². The first kappa shape index (κ1) is 24.3. The molecule has 30 heavy (non-hydrogen) atoms. The number of aldehydes is 1. The molecule has 2 aliphatic rings. The Balaban J connectivity index is 1.76. The Morgan fingerprint density at radius 3 is 2.53 bits per heavy atom. The zero-order valence-corrected chi connectivity index (χ0v) is 19.2. The Bertz CT molecular complexity index is 703. The maximum Gasteiger partial charge on any atom is 0.222 e. The van der Waals surface area contributed by atoms with Crippen LogP contribution in [-0.2, 0) is 9.59 Å². The van der Waals surface area contributed by atoms with Gasteiger partial charge in [-0.2, -0.15) is 0 Å². The lowest BCUT2D eigenvalue weighted by Gasteiger charge is -2.41. The highest BCUT2D eigenvalue weighted by Crippen LogP contribution is 2.27. The number of allylic oxidation sites excluding steroid dienone is 2. The molecule has 8 heteroatoms. The zero-order valence-electron chi connectivity index (χ0n) is 18.4. The molecule has 0 bridgehead atoms. The monoisotopic (exact) mass is 433 g/mol. The van der Waals surface area contributed by atoms with Crippen LogP contribution in [0.4, 0.5) is 0 Å². The smallest absolute Gasteiger partial charge is 0.222 e. The van der Waals surface area contributed by atoms with Crippen LogP contribution in [0.15, 0.2) is 32.2 Å². The fourth-order valence-electron chi connectivity index (χ4n) is 3.85. The van der Waals surface area contributed by atoms with E-state index < -0.39 is 0 Å². The number of thioether (sulfide) groups is 1. The van der Waals surface area contributed by atoms with E-state index in [1.165, 1.54) is 6.20 Å². The minimum Gasteiger partial charge on any atom is -0.393 e. The third-order valence-electron chi connectivity index (χ3n) is 5.65. The van der Waals surface area contributed by atoms with Gasteiger partial charge in [0.1, 0.15) is 0 Å². The highest BCUT2D eigenvalue weighted by molar-refractivity contribution is 8.07.